The first-order valence-electron chi connectivity index (χ1n) is 9.70. The number of thioether (sulfide) groups is 1. The summed E-state index contributed by atoms with van der Waals surface area (Å²) in [5, 5.41) is 14.1. The van der Waals surface area contributed by atoms with Crippen molar-refractivity contribution in [2.75, 3.05) is 11.9 Å². The minimum atomic E-state index is -0.223. The highest BCUT2D eigenvalue weighted by molar-refractivity contribution is 8.00. The average molecular weight is 436 g/mol. The summed E-state index contributed by atoms with van der Waals surface area (Å²) in [5.41, 5.74) is 1.78. The monoisotopic (exact) mass is 435 g/mol. The third kappa shape index (κ3) is 4.98. The Morgan fingerprint density at radius 2 is 1.90 bits per heavy atom. The minimum Gasteiger partial charge on any atom is -0.494 e. The molecule has 0 aliphatic heterocycles. The number of aromatic nitrogens is 2. The molecule has 0 fully saturated rings. The van der Waals surface area contributed by atoms with E-state index in [1.165, 1.54) is 27.7 Å². The molecule has 0 radical (unpaired) electrons. The summed E-state index contributed by atoms with van der Waals surface area (Å²) < 4.78 is 6.41. The predicted molar refractivity (Wildman–Crippen MR) is 124 cm³/mol. The summed E-state index contributed by atoms with van der Waals surface area (Å²) in [6, 6.07) is 21.8. The maximum absolute atomic E-state index is 12.5. The van der Waals surface area contributed by atoms with Crippen molar-refractivity contribution in [1.29, 1.82) is 0 Å². The van der Waals surface area contributed by atoms with E-state index in [2.05, 4.69) is 51.9 Å². The van der Waals surface area contributed by atoms with Gasteiger partial charge in [0, 0.05) is 11.3 Å². The number of hydrogen-bond acceptors (Lipinski definition) is 6. The van der Waals surface area contributed by atoms with Gasteiger partial charge in [-0.05, 0) is 41.0 Å². The fourth-order valence-electron chi connectivity index (χ4n) is 2.99. The van der Waals surface area contributed by atoms with Gasteiger partial charge < -0.3 is 4.74 Å². The highest BCUT2D eigenvalue weighted by Crippen LogP contribution is 2.31. The number of hydrogen-bond donors (Lipinski definition) is 1. The summed E-state index contributed by atoms with van der Waals surface area (Å²) in [6.07, 6.45) is 0.917. The maximum atomic E-state index is 12.5. The minimum absolute atomic E-state index is 0.223. The van der Waals surface area contributed by atoms with E-state index >= 15 is 0 Å². The molecule has 0 aliphatic carbocycles. The molecule has 4 aromatic rings. The Labute approximate surface area is 183 Å². The molecular weight excluding hydrogens is 414 g/mol. The first kappa shape index (κ1) is 20.4. The first-order chi connectivity index (χ1) is 14.7. The second-order valence-corrected chi connectivity index (χ2v) is 8.83. The smallest absolute Gasteiger partial charge is 0.257 e. The number of carbonyl (C=O) groups is 1. The van der Waals surface area contributed by atoms with Gasteiger partial charge in [0.15, 0.2) is 4.34 Å². The van der Waals surface area contributed by atoms with Crippen molar-refractivity contribution >= 4 is 44.9 Å². The van der Waals surface area contributed by atoms with Gasteiger partial charge >= 0.3 is 0 Å². The third-order valence-electron chi connectivity index (χ3n) is 4.43. The lowest BCUT2D eigenvalue weighted by Crippen LogP contribution is -2.11. The molecule has 0 saturated heterocycles. The van der Waals surface area contributed by atoms with Gasteiger partial charge in [-0.3, -0.25) is 10.1 Å². The van der Waals surface area contributed by atoms with E-state index in [-0.39, 0.29) is 5.91 Å². The van der Waals surface area contributed by atoms with E-state index in [9.17, 15) is 4.79 Å². The van der Waals surface area contributed by atoms with Gasteiger partial charge in [0.25, 0.3) is 5.91 Å². The number of ether oxygens (including phenoxy) is 1. The van der Waals surface area contributed by atoms with Gasteiger partial charge in [-0.2, -0.15) is 0 Å². The molecule has 7 heteroatoms. The number of rotatable bonds is 8. The van der Waals surface area contributed by atoms with Crippen LogP contribution in [0.25, 0.3) is 10.8 Å². The molecule has 1 aromatic heterocycles. The summed E-state index contributed by atoms with van der Waals surface area (Å²) in [4.78, 5) is 12.5. The number of nitrogens with one attached hydrogen (secondary N) is 1. The Morgan fingerprint density at radius 1 is 1.07 bits per heavy atom. The standard InChI is InChI=1S/C23H21N3O2S2/c1-2-13-28-19-11-6-9-17(14-19)21(27)24-22-25-26-23(30-22)29-15-18-10-5-8-16-7-3-4-12-20(16)18/h3-12,14H,2,13,15H2,1H3,(H,24,25,27). The number of anilines is 1. The van der Waals surface area contributed by atoms with Crippen LogP contribution in [-0.2, 0) is 5.75 Å². The number of nitrogens with zero attached hydrogens (tertiary/aromatic N) is 2. The van der Waals surface area contributed by atoms with Crippen LogP contribution in [0.3, 0.4) is 0 Å². The molecule has 5 nitrogen and oxygen atoms in total. The van der Waals surface area contributed by atoms with E-state index in [4.69, 9.17) is 4.74 Å². The van der Waals surface area contributed by atoms with Gasteiger partial charge in [-0.15, -0.1) is 10.2 Å². The molecule has 4 rings (SSSR count). The lowest BCUT2D eigenvalue weighted by atomic mass is 10.1. The van der Waals surface area contributed by atoms with Crippen LogP contribution in [0, 0.1) is 0 Å². The van der Waals surface area contributed by atoms with Crippen molar-refractivity contribution in [1.82, 2.24) is 10.2 Å². The van der Waals surface area contributed by atoms with Crippen molar-refractivity contribution in [3.05, 3.63) is 77.9 Å². The Hall–Kier alpha value is -2.90. The SMILES string of the molecule is CCCOc1cccc(C(=O)Nc2nnc(SCc3cccc4ccccc34)s2)c1. The van der Waals surface area contributed by atoms with Crippen LogP contribution in [-0.4, -0.2) is 22.7 Å². The number of amides is 1. The third-order valence-corrected chi connectivity index (χ3v) is 6.45. The maximum Gasteiger partial charge on any atom is 0.257 e. The molecule has 30 heavy (non-hydrogen) atoms. The second-order valence-electron chi connectivity index (χ2n) is 6.63. The number of benzene rings is 3. The van der Waals surface area contributed by atoms with Crippen LogP contribution in [0.5, 0.6) is 5.75 Å². The summed E-state index contributed by atoms with van der Waals surface area (Å²) in [5.74, 6) is 1.26. The molecule has 1 N–H and O–H groups in total. The largest absolute Gasteiger partial charge is 0.494 e. The van der Waals surface area contributed by atoms with E-state index in [0.29, 0.717) is 23.1 Å². The van der Waals surface area contributed by atoms with Crippen molar-refractivity contribution in [3.63, 3.8) is 0 Å². The van der Waals surface area contributed by atoms with Gasteiger partial charge in [0.1, 0.15) is 5.75 Å². The fourth-order valence-corrected chi connectivity index (χ4v) is 4.74. The quantitative estimate of drug-likeness (QED) is 0.271. The van der Waals surface area contributed by atoms with E-state index in [0.717, 1.165) is 16.5 Å². The number of carbonyl (C=O) groups excluding carboxylic acids is 1. The second kappa shape index (κ2) is 9.73. The molecule has 3 aromatic carbocycles. The zero-order valence-corrected chi connectivity index (χ0v) is 18.1. The van der Waals surface area contributed by atoms with E-state index in [1.54, 1.807) is 23.9 Å². The van der Waals surface area contributed by atoms with Crippen molar-refractivity contribution in [2.45, 2.75) is 23.4 Å². The van der Waals surface area contributed by atoms with Crippen LogP contribution in [0.15, 0.2) is 71.1 Å². The molecule has 1 heterocycles. The van der Waals surface area contributed by atoms with Crippen molar-refractivity contribution in [2.24, 2.45) is 0 Å². The Morgan fingerprint density at radius 3 is 2.80 bits per heavy atom. The van der Waals surface area contributed by atoms with Crippen LogP contribution < -0.4 is 10.1 Å². The molecule has 152 valence electrons. The molecular formula is C23H21N3O2S2. The highest BCUT2D eigenvalue weighted by atomic mass is 32.2. The molecule has 0 bridgehead atoms. The first-order valence-corrected chi connectivity index (χ1v) is 11.5. The van der Waals surface area contributed by atoms with Crippen molar-refractivity contribution in [3.8, 4) is 5.75 Å². The average Bonchev–Trinajstić information content (AvgIpc) is 3.23. The molecule has 0 aliphatic rings. The molecule has 0 saturated carbocycles. The molecule has 0 atom stereocenters. The van der Waals surface area contributed by atoms with Gasteiger partial charge in [-0.1, -0.05) is 78.6 Å². The van der Waals surface area contributed by atoms with Crippen LogP contribution in [0.2, 0.25) is 0 Å². The molecule has 0 unspecified atom stereocenters. The lowest BCUT2D eigenvalue weighted by Gasteiger charge is -2.06. The Balaban J connectivity index is 1.39. The van der Waals surface area contributed by atoms with Gasteiger partial charge in [0.2, 0.25) is 5.13 Å². The van der Waals surface area contributed by atoms with Crippen LogP contribution in [0.1, 0.15) is 29.3 Å². The van der Waals surface area contributed by atoms with Crippen LogP contribution >= 0.6 is 23.1 Å². The zero-order valence-electron chi connectivity index (χ0n) is 16.5. The Bertz CT molecular complexity index is 1150. The summed E-state index contributed by atoms with van der Waals surface area (Å²) in [6.45, 7) is 2.67. The number of fused-ring (bicyclic) bond motifs is 1. The Kier molecular flexibility index (Phi) is 6.61. The normalized spacial score (nSPS) is 10.8. The summed E-state index contributed by atoms with van der Waals surface area (Å²) in [7, 11) is 0. The fraction of sp³-hybridized carbons (Fsp3) is 0.174. The molecule has 0 spiro atoms. The van der Waals surface area contributed by atoms with Gasteiger partial charge in [-0.25, -0.2) is 0 Å². The predicted octanol–water partition coefficient (Wildman–Crippen LogP) is 6.02. The highest BCUT2D eigenvalue weighted by Gasteiger charge is 2.12. The van der Waals surface area contributed by atoms with E-state index in [1.807, 2.05) is 25.1 Å². The van der Waals surface area contributed by atoms with Crippen LogP contribution in [0.4, 0.5) is 5.13 Å². The zero-order chi connectivity index (χ0) is 20.8. The molecule has 1 amide bonds. The van der Waals surface area contributed by atoms with Gasteiger partial charge in [0.05, 0.1) is 6.61 Å². The van der Waals surface area contributed by atoms with E-state index < -0.39 is 0 Å². The summed E-state index contributed by atoms with van der Waals surface area (Å²) >= 11 is 2.99. The lowest BCUT2D eigenvalue weighted by molar-refractivity contribution is 0.102. The van der Waals surface area contributed by atoms with Crippen molar-refractivity contribution < 1.29 is 9.53 Å². The topological polar surface area (TPSA) is 64.1 Å².